The van der Waals surface area contributed by atoms with Crippen molar-refractivity contribution in [1.82, 2.24) is 10.3 Å². The number of pyridine rings is 1. The van der Waals surface area contributed by atoms with Crippen LogP contribution in [0.2, 0.25) is 5.02 Å². The Morgan fingerprint density at radius 3 is 2.76 bits per heavy atom. The number of carbonyl (C=O) groups excluding carboxylic acids is 1. The number of hydrogen-bond acceptors (Lipinski definition) is 4. The molecule has 1 heterocycles. The molecular formula is C22H24ClN3O3. The lowest BCUT2D eigenvalue weighted by Gasteiger charge is -2.19. The molecule has 6 nitrogen and oxygen atoms in total. The van der Waals surface area contributed by atoms with E-state index in [1.807, 2.05) is 37.3 Å². The summed E-state index contributed by atoms with van der Waals surface area (Å²) in [5.41, 5.74) is 1.10. The molecule has 0 bridgehead atoms. The zero-order valence-electron chi connectivity index (χ0n) is 16.2. The number of ether oxygens (including phenoxy) is 1. The average Bonchev–Trinajstić information content (AvgIpc) is 2.72. The molecule has 29 heavy (non-hydrogen) atoms. The lowest BCUT2D eigenvalue weighted by Crippen LogP contribution is -2.34. The molecule has 3 N–H and O–H groups in total. The third kappa shape index (κ3) is 5.44. The molecule has 0 aliphatic carbocycles. The fourth-order valence-corrected chi connectivity index (χ4v) is 3.29. The van der Waals surface area contributed by atoms with Gasteiger partial charge in [-0.1, -0.05) is 41.9 Å². The quantitative estimate of drug-likeness (QED) is 0.465. The van der Waals surface area contributed by atoms with Gasteiger partial charge in [0, 0.05) is 24.8 Å². The normalized spacial score (nSPS) is 12.1. The van der Waals surface area contributed by atoms with Crippen molar-refractivity contribution in [2.24, 2.45) is 0 Å². The molecule has 3 rings (SSSR count). The van der Waals surface area contributed by atoms with Crippen LogP contribution in [0.1, 0.15) is 24.9 Å². The van der Waals surface area contributed by atoms with E-state index in [4.69, 9.17) is 16.3 Å². The number of anilines is 1. The van der Waals surface area contributed by atoms with E-state index in [1.165, 1.54) is 0 Å². The van der Waals surface area contributed by atoms with Crippen LogP contribution in [0.25, 0.3) is 10.8 Å². The molecule has 1 unspecified atom stereocenters. The van der Waals surface area contributed by atoms with Gasteiger partial charge in [0.25, 0.3) is 5.56 Å². The van der Waals surface area contributed by atoms with Gasteiger partial charge in [-0.15, -0.1) is 0 Å². The number of H-pyrrole nitrogens is 1. The van der Waals surface area contributed by atoms with Gasteiger partial charge < -0.3 is 20.4 Å². The van der Waals surface area contributed by atoms with Crippen molar-refractivity contribution in [3.8, 4) is 0 Å². The van der Waals surface area contributed by atoms with E-state index >= 15 is 0 Å². The highest BCUT2D eigenvalue weighted by Gasteiger charge is 2.21. The molecule has 7 heteroatoms. The number of rotatable bonds is 9. The van der Waals surface area contributed by atoms with E-state index in [1.54, 1.807) is 24.4 Å². The average molecular weight is 414 g/mol. The molecule has 152 valence electrons. The van der Waals surface area contributed by atoms with Crippen LogP contribution in [-0.2, 0) is 9.53 Å². The van der Waals surface area contributed by atoms with Crippen molar-refractivity contribution in [3.63, 3.8) is 0 Å². The molecule has 0 saturated heterocycles. The summed E-state index contributed by atoms with van der Waals surface area (Å²) >= 11 is 6.33. The van der Waals surface area contributed by atoms with Crippen molar-refractivity contribution in [3.05, 3.63) is 75.7 Å². The van der Waals surface area contributed by atoms with Crippen LogP contribution >= 0.6 is 11.6 Å². The Morgan fingerprint density at radius 2 is 2.00 bits per heavy atom. The lowest BCUT2D eigenvalue weighted by atomic mass is 10.1. The zero-order valence-corrected chi connectivity index (χ0v) is 17.0. The number of nitrogens with one attached hydrogen (secondary N) is 3. The molecule has 0 fully saturated rings. The van der Waals surface area contributed by atoms with E-state index in [-0.39, 0.29) is 11.5 Å². The van der Waals surface area contributed by atoms with E-state index in [0.717, 1.165) is 12.0 Å². The minimum absolute atomic E-state index is 0.222. The third-order valence-electron chi connectivity index (χ3n) is 4.53. The molecule has 2 aromatic carbocycles. The number of hydrogen-bond donors (Lipinski definition) is 3. The van der Waals surface area contributed by atoms with Crippen LogP contribution < -0.4 is 16.2 Å². The van der Waals surface area contributed by atoms with Crippen LogP contribution in [-0.4, -0.2) is 30.6 Å². The summed E-state index contributed by atoms with van der Waals surface area (Å²) in [7, 11) is 0. The fraction of sp³-hybridized carbons (Fsp3) is 0.273. The Kier molecular flexibility index (Phi) is 7.41. The topological polar surface area (TPSA) is 83.2 Å². The summed E-state index contributed by atoms with van der Waals surface area (Å²) in [6, 6.07) is 14.0. The predicted molar refractivity (Wildman–Crippen MR) is 117 cm³/mol. The van der Waals surface area contributed by atoms with Crippen molar-refractivity contribution in [2.75, 3.05) is 25.1 Å². The van der Waals surface area contributed by atoms with Crippen LogP contribution in [0.3, 0.4) is 0 Å². The van der Waals surface area contributed by atoms with Gasteiger partial charge >= 0.3 is 0 Å². The maximum Gasteiger partial charge on any atom is 0.255 e. The van der Waals surface area contributed by atoms with E-state index in [0.29, 0.717) is 41.2 Å². The van der Waals surface area contributed by atoms with Crippen LogP contribution in [0.4, 0.5) is 5.69 Å². The van der Waals surface area contributed by atoms with Gasteiger partial charge in [-0.25, -0.2) is 0 Å². The first kappa shape index (κ1) is 21.0. The molecule has 0 spiro atoms. The Bertz CT molecular complexity index is 1020. The Labute approximate surface area is 174 Å². The second kappa shape index (κ2) is 10.2. The monoisotopic (exact) mass is 413 g/mol. The van der Waals surface area contributed by atoms with E-state index < -0.39 is 6.04 Å². The van der Waals surface area contributed by atoms with Gasteiger partial charge in [0.2, 0.25) is 5.91 Å². The van der Waals surface area contributed by atoms with Gasteiger partial charge in [-0.2, -0.15) is 0 Å². The maximum absolute atomic E-state index is 13.1. The van der Waals surface area contributed by atoms with Crippen LogP contribution in [0, 0.1) is 0 Å². The van der Waals surface area contributed by atoms with Crippen molar-refractivity contribution < 1.29 is 9.53 Å². The maximum atomic E-state index is 13.1. The second-order valence-electron chi connectivity index (χ2n) is 6.56. The highest BCUT2D eigenvalue weighted by Crippen LogP contribution is 2.27. The Balaban J connectivity index is 1.79. The molecule has 0 aliphatic heterocycles. The molecule has 0 aliphatic rings. The first-order valence-electron chi connectivity index (χ1n) is 9.58. The van der Waals surface area contributed by atoms with E-state index in [9.17, 15) is 9.59 Å². The van der Waals surface area contributed by atoms with E-state index in [2.05, 4.69) is 15.6 Å². The number of benzene rings is 2. The fourth-order valence-electron chi connectivity index (χ4n) is 3.08. The largest absolute Gasteiger partial charge is 0.382 e. The summed E-state index contributed by atoms with van der Waals surface area (Å²) in [6.07, 6.45) is 2.36. The summed E-state index contributed by atoms with van der Waals surface area (Å²) in [4.78, 5) is 27.6. The van der Waals surface area contributed by atoms with Crippen LogP contribution in [0.15, 0.2) is 59.5 Å². The third-order valence-corrected chi connectivity index (χ3v) is 4.84. The summed E-state index contributed by atoms with van der Waals surface area (Å²) in [5.74, 6) is -0.223. The Hall–Kier alpha value is -2.67. The number of carbonyl (C=O) groups is 1. The van der Waals surface area contributed by atoms with Gasteiger partial charge in [0.05, 0.1) is 10.7 Å². The minimum Gasteiger partial charge on any atom is -0.382 e. The van der Waals surface area contributed by atoms with Gasteiger partial charge in [0.15, 0.2) is 0 Å². The summed E-state index contributed by atoms with van der Waals surface area (Å²) in [6.45, 7) is 3.90. The molecule has 1 aromatic heterocycles. The zero-order chi connectivity index (χ0) is 20.6. The van der Waals surface area contributed by atoms with Gasteiger partial charge in [-0.3, -0.25) is 9.59 Å². The first-order chi connectivity index (χ1) is 14.1. The smallest absolute Gasteiger partial charge is 0.255 e. The number of halogens is 1. The SMILES string of the molecule is CCOCCCNC(C(=O)Nc1cc2cc[nH]c(=O)c2cc1Cl)c1ccccc1. The van der Waals surface area contributed by atoms with Crippen molar-refractivity contribution in [2.45, 2.75) is 19.4 Å². The molecule has 3 aromatic rings. The first-order valence-corrected chi connectivity index (χ1v) is 9.96. The molecule has 0 saturated carbocycles. The molecular weight excluding hydrogens is 390 g/mol. The van der Waals surface area contributed by atoms with Crippen molar-refractivity contribution in [1.29, 1.82) is 0 Å². The van der Waals surface area contributed by atoms with Gasteiger partial charge in [0.1, 0.15) is 6.04 Å². The highest BCUT2D eigenvalue weighted by atomic mass is 35.5. The number of amides is 1. The minimum atomic E-state index is -0.538. The molecule has 1 amide bonds. The number of fused-ring (bicyclic) bond motifs is 1. The molecule has 0 radical (unpaired) electrons. The number of aromatic nitrogens is 1. The summed E-state index contributed by atoms with van der Waals surface area (Å²) in [5, 5.41) is 7.68. The second-order valence-corrected chi connectivity index (χ2v) is 6.97. The molecule has 1 atom stereocenters. The predicted octanol–water partition coefficient (Wildman–Crippen LogP) is 3.88. The van der Waals surface area contributed by atoms with Gasteiger partial charge in [-0.05, 0) is 49.0 Å². The Morgan fingerprint density at radius 1 is 1.21 bits per heavy atom. The lowest BCUT2D eigenvalue weighted by molar-refractivity contribution is -0.118. The van der Waals surface area contributed by atoms with Crippen molar-refractivity contribution >= 4 is 34.0 Å². The number of aromatic amines is 1. The van der Waals surface area contributed by atoms with Crippen LogP contribution in [0.5, 0.6) is 0 Å². The standard InChI is InChI=1S/C22H24ClN3O3/c1-2-29-12-6-10-24-20(15-7-4-3-5-8-15)22(28)26-19-13-16-9-11-25-21(27)17(16)14-18(19)23/h3-5,7-9,11,13-14,20,24H,2,6,10,12H2,1H3,(H,25,27)(H,26,28). The highest BCUT2D eigenvalue weighted by molar-refractivity contribution is 6.34. The summed E-state index contributed by atoms with van der Waals surface area (Å²) < 4.78 is 5.36.